The highest BCUT2D eigenvalue weighted by atomic mass is 32.1. The van der Waals surface area contributed by atoms with E-state index < -0.39 is 17.6 Å². The first-order valence-corrected chi connectivity index (χ1v) is 9.54. The SMILES string of the molecule is O=C(c1ccccc1C(F)(F)F)N1CCC(c2nnc(C3CC3)s2)CC1. The average molecular weight is 381 g/mol. The van der Waals surface area contributed by atoms with Crippen LogP contribution in [0.1, 0.15) is 63.5 Å². The van der Waals surface area contributed by atoms with Crippen LogP contribution in [0, 0.1) is 0 Å². The summed E-state index contributed by atoms with van der Waals surface area (Å²) in [5, 5.41) is 10.6. The molecular formula is C18H18F3N3OS. The predicted octanol–water partition coefficient (Wildman–Crippen LogP) is 4.45. The number of benzene rings is 1. The summed E-state index contributed by atoms with van der Waals surface area (Å²) in [6.45, 7) is 0.877. The third-order valence-electron chi connectivity index (χ3n) is 4.98. The number of carbonyl (C=O) groups is 1. The summed E-state index contributed by atoms with van der Waals surface area (Å²) in [4.78, 5) is 14.1. The highest BCUT2D eigenvalue weighted by molar-refractivity contribution is 7.11. The molecule has 26 heavy (non-hydrogen) atoms. The summed E-state index contributed by atoms with van der Waals surface area (Å²) in [5.41, 5.74) is -1.14. The van der Waals surface area contributed by atoms with Crippen molar-refractivity contribution in [1.82, 2.24) is 15.1 Å². The van der Waals surface area contributed by atoms with Gasteiger partial charge in [-0.2, -0.15) is 13.2 Å². The van der Waals surface area contributed by atoms with E-state index in [2.05, 4.69) is 10.2 Å². The Balaban J connectivity index is 1.44. The van der Waals surface area contributed by atoms with E-state index >= 15 is 0 Å². The van der Waals surface area contributed by atoms with Gasteiger partial charge < -0.3 is 4.90 Å². The van der Waals surface area contributed by atoms with Gasteiger partial charge in [-0.1, -0.05) is 12.1 Å². The van der Waals surface area contributed by atoms with Crippen LogP contribution in [-0.4, -0.2) is 34.1 Å². The van der Waals surface area contributed by atoms with Crippen LogP contribution in [0.25, 0.3) is 0 Å². The highest BCUT2D eigenvalue weighted by Crippen LogP contribution is 2.43. The number of likely N-dealkylation sites (tertiary alicyclic amines) is 1. The highest BCUT2D eigenvalue weighted by Gasteiger charge is 2.37. The van der Waals surface area contributed by atoms with Crippen molar-refractivity contribution >= 4 is 17.2 Å². The van der Waals surface area contributed by atoms with E-state index in [1.807, 2.05) is 0 Å². The van der Waals surface area contributed by atoms with Crippen molar-refractivity contribution in [2.75, 3.05) is 13.1 Å². The molecule has 1 amide bonds. The second-order valence-electron chi connectivity index (χ2n) is 6.86. The molecule has 0 radical (unpaired) electrons. The fraction of sp³-hybridized carbons (Fsp3) is 0.500. The maximum absolute atomic E-state index is 13.1. The molecule has 1 saturated heterocycles. The Bertz CT molecular complexity index is 808. The first kappa shape index (κ1) is 17.5. The monoisotopic (exact) mass is 381 g/mol. The molecule has 0 bridgehead atoms. The normalized spacial score (nSPS) is 19.0. The molecule has 4 nitrogen and oxygen atoms in total. The molecule has 0 unspecified atom stereocenters. The maximum Gasteiger partial charge on any atom is 0.417 e. The van der Waals surface area contributed by atoms with Crippen molar-refractivity contribution in [2.45, 2.75) is 43.7 Å². The number of hydrogen-bond donors (Lipinski definition) is 0. The molecule has 0 atom stereocenters. The van der Waals surface area contributed by atoms with Crippen LogP contribution in [0.4, 0.5) is 13.2 Å². The number of nitrogens with zero attached hydrogens (tertiary/aromatic N) is 3. The lowest BCUT2D eigenvalue weighted by Gasteiger charge is -2.31. The Labute approximate surface area is 153 Å². The van der Waals surface area contributed by atoms with Crippen molar-refractivity contribution in [1.29, 1.82) is 0 Å². The Morgan fingerprint density at radius 3 is 2.15 bits per heavy atom. The minimum atomic E-state index is -4.53. The lowest BCUT2D eigenvalue weighted by molar-refractivity contribution is -0.138. The largest absolute Gasteiger partial charge is 0.417 e. The first-order chi connectivity index (χ1) is 12.4. The van der Waals surface area contributed by atoms with Crippen molar-refractivity contribution in [3.8, 4) is 0 Å². The summed E-state index contributed by atoms with van der Waals surface area (Å²) in [7, 11) is 0. The van der Waals surface area contributed by atoms with Gasteiger partial charge in [0, 0.05) is 24.9 Å². The molecule has 2 aliphatic rings. The van der Waals surface area contributed by atoms with Gasteiger partial charge >= 0.3 is 6.18 Å². The number of hydrogen-bond acceptors (Lipinski definition) is 4. The quantitative estimate of drug-likeness (QED) is 0.789. The van der Waals surface area contributed by atoms with E-state index in [4.69, 9.17) is 0 Å². The Morgan fingerprint density at radius 2 is 1.58 bits per heavy atom. The summed E-state index contributed by atoms with van der Waals surface area (Å²) in [6.07, 6.45) is -0.755. The fourth-order valence-electron chi connectivity index (χ4n) is 3.32. The van der Waals surface area contributed by atoms with E-state index in [1.165, 1.54) is 35.9 Å². The van der Waals surface area contributed by atoms with E-state index in [0.717, 1.165) is 16.1 Å². The maximum atomic E-state index is 13.1. The zero-order valence-corrected chi connectivity index (χ0v) is 14.8. The lowest BCUT2D eigenvalue weighted by atomic mass is 9.96. The molecule has 2 aromatic rings. The first-order valence-electron chi connectivity index (χ1n) is 8.72. The van der Waals surface area contributed by atoms with Gasteiger partial charge in [-0.3, -0.25) is 4.79 Å². The van der Waals surface area contributed by atoms with Crippen LogP contribution in [-0.2, 0) is 6.18 Å². The van der Waals surface area contributed by atoms with Crippen LogP contribution in [0.15, 0.2) is 24.3 Å². The standard InChI is InChI=1S/C18H18F3N3OS/c19-18(20,21)14-4-2-1-3-13(14)17(25)24-9-7-12(8-10-24)16-23-22-15(26-16)11-5-6-11/h1-4,11-12H,5-10H2. The molecule has 0 N–H and O–H groups in total. The minimum absolute atomic E-state index is 0.238. The van der Waals surface area contributed by atoms with E-state index in [1.54, 1.807) is 11.3 Å². The summed E-state index contributed by atoms with van der Waals surface area (Å²) in [6, 6.07) is 4.99. The predicted molar refractivity (Wildman–Crippen MR) is 91.2 cm³/mol. The van der Waals surface area contributed by atoms with Crippen LogP contribution in [0.3, 0.4) is 0 Å². The number of piperidine rings is 1. The smallest absolute Gasteiger partial charge is 0.339 e. The Morgan fingerprint density at radius 1 is 1.00 bits per heavy atom. The third-order valence-corrected chi connectivity index (χ3v) is 6.23. The molecule has 138 valence electrons. The molecule has 1 aromatic carbocycles. The number of halogens is 3. The minimum Gasteiger partial charge on any atom is -0.339 e. The van der Waals surface area contributed by atoms with Crippen molar-refractivity contribution in [3.05, 3.63) is 45.4 Å². The van der Waals surface area contributed by atoms with Crippen LogP contribution < -0.4 is 0 Å². The Hall–Kier alpha value is -1.96. The molecule has 2 fully saturated rings. The van der Waals surface area contributed by atoms with Gasteiger partial charge in [0.1, 0.15) is 10.0 Å². The topological polar surface area (TPSA) is 46.1 Å². The summed E-state index contributed by atoms with van der Waals surface area (Å²) < 4.78 is 39.4. The lowest BCUT2D eigenvalue weighted by Crippen LogP contribution is -2.38. The van der Waals surface area contributed by atoms with Crippen molar-refractivity contribution < 1.29 is 18.0 Å². The second kappa shape index (κ2) is 6.64. The third kappa shape index (κ3) is 3.47. The van der Waals surface area contributed by atoms with Gasteiger partial charge in [-0.05, 0) is 37.8 Å². The molecule has 4 rings (SSSR count). The van der Waals surface area contributed by atoms with E-state index in [-0.39, 0.29) is 11.5 Å². The number of amides is 1. The fourth-order valence-corrected chi connectivity index (χ4v) is 4.51. The number of rotatable bonds is 3. The van der Waals surface area contributed by atoms with Gasteiger partial charge in [-0.15, -0.1) is 21.5 Å². The van der Waals surface area contributed by atoms with Gasteiger partial charge in [0.15, 0.2) is 0 Å². The van der Waals surface area contributed by atoms with Gasteiger partial charge in [0.2, 0.25) is 0 Å². The molecule has 0 spiro atoms. The van der Waals surface area contributed by atoms with Gasteiger partial charge in [0.05, 0.1) is 11.1 Å². The van der Waals surface area contributed by atoms with Crippen molar-refractivity contribution in [2.24, 2.45) is 0 Å². The molecule has 1 aromatic heterocycles. The van der Waals surface area contributed by atoms with Crippen LogP contribution in [0.5, 0.6) is 0 Å². The Kier molecular flexibility index (Phi) is 4.46. The molecule has 1 saturated carbocycles. The molecule has 1 aliphatic heterocycles. The number of aromatic nitrogens is 2. The molecule has 8 heteroatoms. The van der Waals surface area contributed by atoms with Crippen LogP contribution in [0.2, 0.25) is 0 Å². The summed E-state index contributed by atoms with van der Waals surface area (Å²) >= 11 is 1.65. The second-order valence-corrected chi connectivity index (χ2v) is 7.90. The van der Waals surface area contributed by atoms with E-state index in [9.17, 15) is 18.0 Å². The molecule has 2 heterocycles. The number of carbonyl (C=O) groups excluding carboxylic acids is 1. The van der Waals surface area contributed by atoms with Gasteiger partial charge in [0.25, 0.3) is 5.91 Å². The van der Waals surface area contributed by atoms with Crippen LogP contribution >= 0.6 is 11.3 Å². The zero-order chi connectivity index (χ0) is 18.3. The summed E-state index contributed by atoms with van der Waals surface area (Å²) in [5.74, 6) is 0.260. The zero-order valence-electron chi connectivity index (χ0n) is 14.0. The molecule has 1 aliphatic carbocycles. The molecular weight excluding hydrogens is 363 g/mol. The van der Waals surface area contributed by atoms with Crippen molar-refractivity contribution in [3.63, 3.8) is 0 Å². The van der Waals surface area contributed by atoms with E-state index in [0.29, 0.717) is 31.8 Å². The van der Waals surface area contributed by atoms with Gasteiger partial charge in [-0.25, -0.2) is 0 Å². The average Bonchev–Trinajstić information content (AvgIpc) is 3.37. The number of alkyl halides is 3.